The number of para-hydroxylation sites is 1. The Morgan fingerprint density at radius 2 is 1.80 bits per heavy atom. The van der Waals surface area contributed by atoms with Crippen molar-refractivity contribution in [2.24, 2.45) is 0 Å². The summed E-state index contributed by atoms with van der Waals surface area (Å²) in [6.07, 6.45) is 0. The summed E-state index contributed by atoms with van der Waals surface area (Å²) in [7, 11) is 3.90. The first-order valence-corrected chi connectivity index (χ1v) is 6.46. The average molecular weight is 265 g/mol. The van der Waals surface area contributed by atoms with E-state index in [4.69, 9.17) is 4.42 Å². The number of hydrogen-bond acceptors (Lipinski definition) is 3. The van der Waals surface area contributed by atoms with E-state index in [0.29, 0.717) is 11.3 Å². The molecule has 0 aliphatic carbocycles. The van der Waals surface area contributed by atoms with Crippen molar-refractivity contribution >= 4 is 22.4 Å². The molecular formula is C17H15NO2. The van der Waals surface area contributed by atoms with Crippen LogP contribution < -0.4 is 4.90 Å². The molecule has 0 atom stereocenters. The van der Waals surface area contributed by atoms with Gasteiger partial charge in [-0.2, -0.15) is 0 Å². The number of carbonyl (C=O) groups is 1. The number of nitrogens with zero attached hydrogens (tertiary/aromatic N) is 1. The lowest BCUT2D eigenvalue weighted by molar-refractivity contribution is 0.101. The van der Waals surface area contributed by atoms with Crippen LogP contribution in [0.3, 0.4) is 0 Å². The van der Waals surface area contributed by atoms with Gasteiger partial charge < -0.3 is 9.32 Å². The Morgan fingerprint density at radius 1 is 1.00 bits per heavy atom. The fraction of sp³-hybridized carbons (Fsp3) is 0.118. The van der Waals surface area contributed by atoms with Crippen LogP contribution in [0.25, 0.3) is 11.0 Å². The van der Waals surface area contributed by atoms with E-state index < -0.39 is 0 Å². The van der Waals surface area contributed by atoms with E-state index in [1.807, 2.05) is 67.5 Å². The fourth-order valence-corrected chi connectivity index (χ4v) is 2.16. The van der Waals surface area contributed by atoms with Gasteiger partial charge in [-0.05, 0) is 24.3 Å². The molecule has 0 spiro atoms. The van der Waals surface area contributed by atoms with Gasteiger partial charge in [0.1, 0.15) is 5.58 Å². The summed E-state index contributed by atoms with van der Waals surface area (Å²) >= 11 is 0. The molecule has 100 valence electrons. The maximum absolute atomic E-state index is 12.5. The van der Waals surface area contributed by atoms with Crippen LogP contribution in [0, 0.1) is 0 Å². The Morgan fingerprint density at radius 3 is 2.55 bits per heavy atom. The van der Waals surface area contributed by atoms with Crippen molar-refractivity contribution in [2.45, 2.75) is 0 Å². The van der Waals surface area contributed by atoms with E-state index in [9.17, 15) is 4.79 Å². The van der Waals surface area contributed by atoms with Crippen LogP contribution in [0.1, 0.15) is 16.1 Å². The zero-order valence-electron chi connectivity index (χ0n) is 11.5. The second kappa shape index (κ2) is 4.85. The first kappa shape index (κ1) is 12.5. The first-order valence-electron chi connectivity index (χ1n) is 6.46. The summed E-state index contributed by atoms with van der Waals surface area (Å²) < 4.78 is 5.62. The van der Waals surface area contributed by atoms with Crippen LogP contribution in [-0.2, 0) is 0 Å². The van der Waals surface area contributed by atoms with E-state index in [0.717, 1.165) is 16.7 Å². The van der Waals surface area contributed by atoms with Gasteiger partial charge in [0.15, 0.2) is 5.76 Å². The quantitative estimate of drug-likeness (QED) is 0.676. The highest BCUT2D eigenvalue weighted by Crippen LogP contribution is 2.22. The third-order valence-corrected chi connectivity index (χ3v) is 3.27. The largest absolute Gasteiger partial charge is 0.453 e. The molecule has 2 aromatic carbocycles. The zero-order valence-corrected chi connectivity index (χ0v) is 11.5. The molecule has 0 N–H and O–H groups in total. The minimum Gasteiger partial charge on any atom is -0.453 e. The zero-order chi connectivity index (χ0) is 14.1. The number of rotatable bonds is 3. The van der Waals surface area contributed by atoms with E-state index >= 15 is 0 Å². The molecule has 1 heterocycles. The average Bonchev–Trinajstić information content (AvgIpc) is 2.90. The van der Waals surface area contributed by atoms with E-state index in [1.165, 1.54) is 0 Å². The van der Waals surface area contributed by atoms with Crippen molar-refractivity contribution < 1.29 is 9.21 Å². The van der Waals surface area contributed by atoms with Gasteiger partial charge >= 0.3 is 0 Å². The third-order valence-electron chi connectivity index (χ3n) is 3.27. The van der Waals surface area contributed by atoms with Crippen molar-refractivity contribution in [2.75, 3.05) is 19.0 Å². The fourth-order valence-electron chi connectivity index (χ4n) is 2.16. The predicted molar refractivity (Wildman–Crippen MR) is 80.4 cm³/mol. The third kappa shape index (κ3) is 2.18. The van der Waals surface area contributed by atoms with Crippen LogP contribution in [0.5, 0.6) is 0 Å². The van der Waals surface area contributed by atoms with Gasteiger partial charge in [-0.1, -0.05) is 30.3 Å². The molecule has 0 saturated heterocycles. The highest BCUT2D eigenvalue weighted by molar-refractivity contribution is 6.09. The number of fused-ring (bicyclic) bond motifs is 1. The minimum atomic E-state index is -0.0927. The SMILES string of the molecule is CN(C)c1cccc(C(=O)c2cc3ccccc3o2)c1. The second-order valence-electron chi connectivity index (χ2n) is 4.92. The molecule has 1 aromatic heterocycles. The molecule has 0 radical (unpaired) electrons. The lowest BCUT2D eigenvalue weighted by Gasteiger charge is -2.12. The number of hydrogen-bond donors (Lipinski definition) is 0. The van der Waals surface area contributed by atoms with Crippen LogP contribution >= 0.6 is 0 Å². The summed E-state index contributed by atoms with van der Waals surface area (Å²) in [6, 6.07) is 16.9. The van der Waals surface area contributed by atoms with E-state index in [-0.39, 0.29) is 5.78 Å². The Hall–Kier alpha value is -2.55. The summed E-state index contributed by atoms with van der Waals surface area (Å²) in [5.74, 6) is 0.284. The molecule has 0 aliphatic heterocycles. The minimum absolute atomic E-state index is 0.0927. The molecule has 0 fully saturated rings. The summed E-state index contributed by atoms with van der Waals surface area (Å²) in [5.41, 5.74) is 2.36. The van der Waals surface area contributed by atoms with Crippen molar-refractivity contribution in [1.29, 1.82) is 0 Å². The highest BCUT2D eigenvalue weighted by Gasteiger charge is 2.15. The maximum atomic E-state index is 12.5. The first-order chi connectivity index (χ1) is 9.65. The number of furan rings is 1. The molecule has 0 amide bonds. The number of carbonyl (C=O) groups excluding carboxylic acids is 1. The molecule has 3 aromatic rings. The van der Waals surface area contributed by atoms with Gasteiger partial charge in [0.05, 0.1) is 0 Å². The maximum Gasteiger partial charge on any atom is 0.228 e. The van der Waals surface area contributed by atoms with Gasteiger partial charge in [0, 0.05) is 30.7 Å². The molecule has 0 aliphatic rings. The Kier molecular flexibility index (Phi) is 3.03. The molecular weight excluding hydrogens is 250 g/mol. The number of benzene rings is 2. The highest BCUT2D eigenvalue weighted by atomic mass is 16.3. The predicted octanol–water partition coefficient (Wildman–Crippen LogP) is 3.73. The van der Waals surface area contributed by atoms with Crippen molar-refractivity contribution in [3.8, 4) is 0 Å². The van der Waals surface area contributed by atoms with Gasteiger partial charge in [-0.15, -0.1) is 0 Å². The summed E-state index contributed by atoms with van der Waals surface area (Å²) in [4.78, 5) is 14.4. The number of ketones is 1. The molecule has 3 rings (SSSR count). The molecule has 20 heavy (non-hydrogen) atoms. The smallest absolute Gasteiger partial charge is 0.228 e. The van der Waals surface area contributed by atoms with Gasteiger partial charge in [0.25, 0.3) is 0 Å². The molecule has 0 unspecified atom stereocenters. The van der Waals surface area contributed by atoms with Gasteiger partial charge in [0.2, 0.25) is 5.78 Å². The molecule has 0 saturated carbocycles. The summed E-state index contributed by atoms with van der Waals surface area (Å²) in [5, 5.41) is 0.944. The van der Waals surface area contributed by atoms with Crippen LogP contribution in [0.2, 0.25) is 0 Å². The van der Waals surface area contributed by atoms with Crippen LogP contribution in [0.15, 0.2) is 59.0 Å². The van der Waals surface area contributed by atoms with Crippen molar-refractivity contribution in [1.82, 2.24) is 0 Å². The number of anilines is 1. The van der Waals surface area contributed by atoms with E-state index in [1.54, 1.807) is 6.07 Å². The lowest BCUT2D eigenvalue weighted by Crippen LogP contribution is -2.09. The van der Waals surface area contributed by atoms with Gasteiger partial charge in [-0.25, -0.2) is 0 Å². The van der Waals surface area contributed by atoms with Crippen LogP contribution in [0.4, 0.5) is 5.69 Å². The van der Waals surface area contributed by atoms with Crippen molar-refractivity contribution in [3.05, 3.63) is 65.9 Å². The van der Waals surface area contributed by atoms with Gasteiger partial charge in [-0.3, -0.25) is 4.79 Å². The Bertz CT molecular complexity index is 738. The van der Waals surface area contributed by atoms with Crippen LogP contribution in [-0.4, -0.2) is 19.9 Å². The standard InChI is InChI=1S/C17H15NO2/c1-18(2)14-8-5-7-13(10-14)17(19)16-11-12-6-3-4-9-15(12)20-16/h3-11H,1-2H3. The monoisotopic (exact) mass is 265 g/mol. The molecule has 0 bridgehead atoms. The Balaban J connectivity index is 2.01. The molecule has 3 nitrogen and oxygen atoms in total. The Labute approximate surface area is 117 Å². The normalized spacial score (nSPS) is 10.7. The topological polar surface area (TPSA) is 33.5 Å². The van der Waals surface area contributed by atoms with Crippen molar-refractivity contribution in [3.63, 3.8) is 0 Å². The van der Waals surface area contributed by atoms with E-state index in [2.05, 4.69) is 0 Å². The summed E-state index contributed by atoms with van der Waals surface area (Å²) in [6.45, 7) is 0. The molecule has 3 heteroatoms. The lowest BCUT2D eigenvalue weighted by atomic mass is 10.1. The second-order valence-corrected chi connectivity index (χ2v) is 4.92.